The van der Waals surface area contributed by atoms with Crippen LogP contribution in [-0.2, 0) is 24.2 Å². The van der Waals surface area contributed by atoms with Crippen molar-refractivity contribution in [3.8, 4) is 0 Å². The van der Waals surface area contributed by atoms with Gasteiger partial charge in [-0.15, -0.1) is 11.3 Å². The van der Waals surface area contributed by atoms with Crippen molar-refractivity contribution in [3.05, 3.63) is 51.9 Å². The van der Waals surface area contributed by atoms with Gasteiger partial charge in [0.25, 0.3) is 5.91 Å². The number of nitrogens with zero attached hydrogens (tertiary/aromatic N) is 2. The summed E-state index contributed by atoms with van der Waals surface area (Å²) in [4.78, 5) is 34.7. The van der Waals surface area contributed by atoms with Crippen molar-refractivity contribution < 1.29 is 9.59 Å². The van der Waals surface area contributed by atoms with Crippen molar-refractivity contribution in [2.24, 2.45) is 16.8 Å². The Morgan fingerprint density at radius 1 is 1.14 bits per heavy atom. The second kappa shape index (κ2) is 11.4. The summed E-state index contributed by atoms with van der Waals surface area (Å²) in [6.07, 6.45) is 8.97. The minimum Gasteiger partial charge on any atom is -0.352 e. The lowest BCUT2D eigenvalue weighted by Crippen LogP contribution is -2.31. The van der Waals surface area contributed by atoms with Gasteiger partial charge in [0.15, 0.2) is 5.17 Å². The first kappa shape index (κ1) is 25.3. The molecule has 8 heteroatoms. The molecule has 1 aromatic heterocycles. The molecule has 5 rings (SSSR count). The molecule has 2 N–H and O–H groups in total. The molecule has 0 aliphatic heterocycles. The van der Waals surface area contributed by atoms with E-state index >= 15 is 0 Å². The number of thioether (sulfide) groups is 1. The first-order valence-corrected chi connectivity index (χ1v) is 15.2. The van der Waals surface area contributed by atoms with Crippen molar-refractivity contribution in [2.45, 2.75) is 64.5 Å². The van der Waals surface area contributed by atoms with Crippen LogP contribution in [0.25, 0.3) is 0 Å². The van der Waals surface area contributed by atoms with Gasteiger partial charge in [-0.2, -0.15) is 0 Å². The summed E-state index contributed by atoms with van der Waals surface area (Å²) in [5.41, 5.74) is 3.05. The highest BCUT2D eigenvalue weighted by Gasteiger charge is 2.34. The number of amidine groups is 1. The molecule has 1 aromatic carbocycles. The van der Waals surface area contributed by atoms with Crippen molar-refractivity contribution in [1.82, 2.24) is 10.2 Å². The molecule has 2 fully saturated rings. The predicted molar refractivity (Wildman–Crippen MR) is 150 cm³/mol. The highest BCUT2D eigenvalue weighted by atomic mass is 32.2. The van der Waals surface area contributed by atoms with Crippen LogP contribution in [0.5, 0.6) is 0 Å². The molecule has 1 unspecified atom stereocenters. The maximum absolute atomic E-state index is 13.3. The van der Waals surface area contributed by atoms with Gasteiger partial charge in [-0.3, -0.25) is 14.6 Å². The van der Waals surface area contributed by atoms with Gasteiger partial charge in [-0.1, -0.05) is 42.1 Å². The van der Waals surface area contributed by atoms with Crippen LogP contribution >= 0.6 is 23.1 Å². The molecule has 3 aliphatic rings. The van der Waals surface area contributed by atoms with E-state index < -0.39 is 0 Å². The number of aliphatic imine (C=N–C) groups is 1. The average Bonchev–Trinajstić information content (AvgIpc) is 3.82. The monoisotopic (exact) mass is 524 g/mol. The summed E-state index contributed by atoms with van der Waals surface area (Å²) < 4.78 is 0. The number of fused-ring (bicyclic) bond motifs is 1. The SMILES string of the molecule is CCN(Cc1ccccc1)C(=NC1CCc2sc(NC(=O)C3CC3)c(C(=O)NCC3CC3)c2C1)SC. The molecule has 1 atom stereocenters. The third-order valence-electron chi connectivity index (χ3n) is 7.24. The normalized spacial score (nSPS) is 19.5. The standard InChI is InChI=1S/C28H36N4O2S2/c1-3-32(17-19-7-5-4-6-8-19)28(35-2)30-21-13-14-23-22(15-21)24(26(34)29-16-18-9-10-18)27(36-23)31-25(33)20-11-12-20/h4-8,18,20-21H,3,9-17H2,1-2H3,(H,29,34)(H,31,33). The third kappa shape index (κ3) is 6.14. The summed E-state index contributed by atoms with van der Waals surface area (Å²) >= 11 is 3.29. The van der Waals surface area contributed by atoms with Crippen molar-refractivity contribution in [1.29, 1.82) is 0 Å². The summed E-state index contributed by atoms with van der Waals surface area (Å²) in [5, 5.41) is 8.03. The molecule has 2 saturated carbocycles. The first-order chi connectivity index (χ1) is 17.6. The highest BCUT2D eigenvalue weighted by Crippen LogP contribution is 2.40. The van der Waals surface area contributed by atoms with Gasteiger partial charge in [0, 0.05) is 30.4 Å². The topological polar surface area (TPSA) is 73.8 Å². The Bertz CT molecular complexity index is 1120. The van der Waals surface area contributed by atoms with E-state index in [1.54, 1.807) is 23.1 Å². The Labute approximate surface area is 222 Å². The summed E-state index contributed by atoms with van der Waals surface area (Å²) in [6, 6.07) is 10.6. The van der Waals surface area contributed by atoms with Crippen LogP contribution < -0.4 is 10.6 Å². The van der Waals surface area contributed by atoms with Crippen molar-refractivity contribution in [3.63, 3.8) is 0 Å². The number of carbonyl (C=O) groups excluding carboxylic acids is 2. The summed E-state index contributed by atoms with van der Waals surface area (Å²) in [7, 11) is 0. The average molecular weight is 525 g/mol. The molecule has 3 aliphatic carbocycles. The van der Waals surface area contributed by atoms with Crippen molar-refractivity contribution >= 4 is 45.1 Å². The number of carbonyl (C=O) groups is 2. The molecule has 6 nitrogen and oxygen atoms in total. The Hall–Kier alpha value is -2.32. The Morgan fingerprint density at radius 3 is 2.58 bits per heavy atom. The number of thiophene rings is 1. The van der Waals surface area contributed by atoms with Crippen LogP contribution in [0.4, 0.5) is 5.00 Å². The van der Waals surface area contributed by atoms with E-state index in [1.807, 2.05) is 6.07 Å². The number of hydrogen-bond donors (Lipinski definition) is 2. The quantitative estimate of drug-likeness (QED) is 0.343. The fraction of sp³-hybridized carbons (Fsp3) is 0.536. The lowest BCUT2D eigenvalue weighted by atomic mass is 9.91. The molecule has 192 valence electrons. The zero-order valence-corrected chi connectivity index (χ0v) is 22.9. The maximum Gasteiger partial charge on any atom is 0.254 e. The lowest BCUT2D eigenvalue weighted by Gasteiger charge is -2.27. The van der Waals surface area contributed by atoms with Gasteiger partial charge >= 0.3 is 0 Å². The fourth-order valence-corrected chi connectivity index (χ4v) is 6.70. The fourth-order valence-electron chi connectivity index (χ4n) is 4.75. The predicted octanol–water partition coefficient (Wildman–Crippen LogP) is 5.33. The molecule has 2 aromatic rings. The Balaban J connectivity index is 1.36. The maximum atomic E-state index is 13.3. The number of hydrogen-bond acceptors (Lipinski definition) is 5. The molecule has 0 spiro atoms. The number of aryl methyl sites for hydroxylation is 1. The molecular weight excluding hydrogens is 488 g/mol. The highest BCUT2D eigenvalue weighted by molar-refractivity contribution is 8.13. The van der Waals surface area contributed by atoms with Gasteiger partial charge in [-0.25, -0.2) is 0 Å². The van der Waals surface area contributed by atoms with E-state index in [4.69, 9.17) is 4.99 Å². The molecular formula is C28H36N4O2S2. The van der Waals surface area contributed by atoms with Gasteiger partial charge < -0.3 is 15.5 Å². The molecule has 2 amide bonds. The van der Waals surface area contributed by atoms with Crippen LogP contribution in [0.1, 0.15) is 65.4 Å². The Kier molecular flexibility index (Phi) is 8.01. The second-order valence-corrected chi connectivity index (χ2v) is 12.0. The van der Waals surface area contributed by atoms with E-state index in [0.29, 0.717) is 11.5 Å². The number of rotatable bonds is 9. The van der Waals surface area contributed by atoms with Gasteiger partial charge in [0.05, 0.1) is 11.6 Å². The van der Waals surface area contributed by atoms with Crippen LogP contribution in [-0.4, -0.2) is 47.3 Å². The van der Waals surface area contributed by atoms with Gasteiger partial charge in [-0.05, 0) is 75.2 Å². The summed E-state index contributed by atoms with van der Waals surface area (Å²) in [6.45, 7) is 4.61. The van der Waals surface area contributed by atoms with Crippen LogP contribution in [0.3, 0.4) is 0 Å². The smallest absolute Gasteiger partial charge is 0.254 e. The van der Waals surface area contributed by atoms with E-state index in [-0.39, 0.29) is 23.8 Å². The molecule has 36 heavy (non-hydrogen) atoms. The summed E-state index contributed by atoms with van der Waals surface area (Å²) in [5.74, 6) is 0.736. The third-order valence-corrected chi connectivity index (χ3v) is 9.18. The molecule has 0 radical (unpaired) electrons. The van der Waals surface area contributed by atoms with Crippen molar-refractivity contribution in [2.75, 3.05) is 24.7 Å². The number of amides is 2. The Morgan fingerprint density at radius 2 is 1.92 bits per heavy atom. The number of anilines is 1. The van der Waals surface area contributed by atoms with Gasteiger partial charge in [0.2, 0.25) is 5.91 Å². The number of benzene rings is 1. The zero-order valence-electron chi connectivity index (χ0n) is 21.2. The van der Waals surface area contributed by atoms with E-state index in [1.165, 1.54) is 23.3 Å². The molecule has 0 bridgehead atoms. The minimum absolute atomic E-state index is 0.0421. The van der Waals surface area contributed by atoms with E-state index in [9.17, 15) is 9.59 Å². The van der Waals surface area contributed by atoms with Crippen LogP contribution in [0.15, 0.2) is 35.3 Å². The number of nitrogens with one attached hydrogen (secondary N) is 2. The largest absolute Gasteiger partial charge is 0.352 e. The van der Waals surface area contributed by atoms with E-state index in [0.717, 1.165) is 67.5 Å². The van der Waals surface area contributed by atoms with Gasteiger partial charge in [0.1, 0.15) is 5.00 Å². The lowest BCUT2D eigenvalue weighted by molar-refractivity contribution is -0.117. The first-order valence-electron chi connectivity index (χ1n) is 13.2. The van der Waals surface area contributed by atoms with E-state index in [2.05, 4.69) is 53.0 Å². The molecule has 0 saturated heterocycles. The zero-order chi connectivity index (χ0) is 25.1. The van der Waals surface area contributed by atoms with Crippen LogP contribution in [0.2, 0.25) is 0 Å². The van der Waals surface area contributed by atoms with Crippen LogP contribution in [0, 0.1) is 11.8 Å². The second-order valence-electron chi connectivity index (χ2n) is 10.1. The molecule has 1 heterocycles. The minimum atomic E-state index is -0.0421.